The van der Waals surface area contributed by atoms with Crippen molar-refractivity contribution in [2.75, 3.05) is 18.2 Å². The Morgan fingerprint density at radius 1 is 1.58 bits per heavy atom. The summed E-state index contributed by atoms with van der Waals surface area (Å²) in [5.74, 6) is 0.964. The van der Waals surface area contributed by atoms with E-state index in [2.05, 4.69) is 15.5 Å². The van der Waals surface area contributed by atoms with Gasteiger partial charge in [-0.3, -0.25) is 15.2 Å². The van der Waals surface area contributed by atoms with Crippen LogP contribution in [0.2, 0.25) is 0 Å². The van der Waals surface area contributed by atoms with Gasteiger partial charge >= 0.3 is 0 Å². The molecule has 0 fully saturated rings. The third-order valence-electron chi connectivity index (χ3n) is 2.62. The minimum absolute atomic E-state index is 0.0251. The number of nitrogen functional groups attached to an aromatic ring is 1. The highest BCUT2D eigenvalue weighted by atomic mass is 16.6. The fourth-order valence-electron chi connectivity index (χ4n) is 1.60. The zero-order valence-electron chi connectivity index (χ0n) is 10.2. The quantitative estimate of drug-likeness (QED) is 0.555. The molecule has 0 spiro atoms. The van der Waals surface area contributed by atoms with E-state index in [1.54, 1.807) is 12.3 Å². The summed E-state index contributed by atoms with van der Waals surface area (Å²) in [7, 11) is 1.50. The maximum Gasteiger partial charge on any atom is 0.292 e. The Hall–Kier alpha value is -2.77. The van der Waals surface area contributed by atoms with E-state index >= 15 is 0 Å². The number of H-pyrrole nitrogens is 1. The lowest BCUT2D eigenvalue weighted by molar-refractivity contribution is -0.384. The molecule has 0 aliphatic carbocycles. The lowest BCUT2D eigenvalue weighted by Crippen LogP contribution is -2.04. The lowest BCUT2D eigenvalue weighted by atomic mass is 10.2. The Bertz CT molecular complexity index is 596. The number of nitrogens with zero attached hydrogens (tertiary/aromatic N) is 2. The van der Waals surface area contributed by atoms with Crippen molar-refractivity contribution in [1.82, 2.24) is 10.2 Å². The van der Waals surface area contributed by atoms with Crippen molar-refractivity contribution in [2.24, 2.45) is 0 Å². The second kappa shape index (κ2) is 5.25. The molecule has 8 heteroatoms. The van der Waals surface area contributed by atoms with Crippen LogP contribution in [0.15, 0.2) is 24.4 Å². The minimum atomic E-state index is -0.458. The smallest absolute Gasteiger partial charge is 0.292 e. The van der Waals surface area contributed by atoms with Gasteiger partial charge in [-0.1, -0.05) is 0 Å². The monoisotopic (exact) mass is 263 g/mol. The topological polar surface area (TPSA) is 119 Å². The number of hydrogen-bond donors (Lipinski definition) is 3. The number of anilines is 2. The molecule has 0 aliphatic heterocycles. The number of nitro groups is 1. The van der Waals surface area contributed by atoms with Crippen LogP contribution in [0.4, 0.5) is 17.2 Å². The molecule has 0 bridgehead atoms. The summed E-state index contributed by atoms with van der Waals surface area (Å²) in [6.07, 6.45) is 1.56. The van der Waals surface area contributed by atoms with Gasteiger partial charge in [0.05, 0.1) is 18.2 Å². The summed E-state index contributed by atoms with van der Waals surface area (Å²) < 4.78 is 5.04. The van der Waals surface area contributed by atoms with Crippen molar-refractivity contribution in [3.05, 3.63) is 40.1 Å². The molecule has 2 rings (SSSR count). The van der Waals surface area contributed by atoms with Gasteiger partial charge in [0.25, 0.3) is 5.69 Å². The number of aromatic nitrogens is 2. The lowest BCUT2D eigenvalue weighted by Gasteiger charge is -2.08. The van der Waals surface area contributed by atoms with E-state index in [0.29, 0.717) is 23.8 Å². The number of nitrogens with one attached hydrogen (secondary N) is 2. The van der Waals surface area contributed by atoms with Crippen LogP contribution < -0.4 is 15.8 Å². The van der Waals surface area contributed by atoms with Crippen LogP contribution in [0.25, 0.3) is 0 Å². The van der Waals surface area contributed by atoms with E-state index in [1.807, 2.05) is 0 Å². The Balaban J connectivity index is 2.22. The van der Waals surface area contributed by atoms with Crippen molar-refractivity contribution in [2.45, 2.75) is 6.54 Å². The Kier molecular flexibility index (Phi) is 3.51. The number of nitrogens with two attached hydrogens (primary N) is 1. The van der Waals surface area contributed by atoms with E-state index in [1.165, 1.54) is 19.2 Å². The third kappa shape index (κ3) is 2.73. The number of ether oxygens (including phenoxy) is 1. The average molecular weight is 263 g/mol. The van der Waals surface area contributed by atoms with Gasteiger partial charge in [0, 0.05) is 24.2 Å². The van der Waals surface area contributed by atoms with Gasteiger partial charge in [0.2, 0.25) is 0 Å². The number of methoxy groups -OCH3 is 1. The molecule has 0 saturated heterocycles. The molecule has 2 aromatic rings. The van der Waals surface area contributed by atoms with Crippen molar-refractivity contribution in [1.29, 1.82) is 0 Å². The summed E-state index contributed by atoms with van der Waals surface area (Å²) >= 11 is 0. The van der Waals surface area contributed by atoms with Crippen LogP contribution in [0, 0.1) is 10.1 Å². The maximum atomic E-state index is 10.9. The molecule has 1 heterocycles. The second-order valence-corrected chi connectivity index (χ2v) is 3.80. The molecule has 0 saturated carbocycles. The third-order valence-corrected chi connectivity index (χ3v) is 2.62. The average Bonchev–Trinajstić information content (AvgIpc) is 2.81. The predicted octanol–water partition coefficient (Wildman–Crippen LogP) is 1.52. The first-order chi connectivity index (χ1) is 9.11. The molecule has 100 valence electrons. The molecule has 0 radical (unpaired) electrons. The Morgan fingerprint density at radius 2 is 2.37 bits per heavy atom. The van der Waals surface area contributed by atoms with Crippen LogP contribution in [-0.4, -0.2) is 22.2 Å². The molecule has 1 aromatic carbocycles. The Labute approximate surface area is 108 Å². The van der Waals surface area contributed by atoms with Gasteiger partial charge in [-0.2, -0.15) is 5.10 Å². The van der Waals surface area contributed by atoms with E-state index < -0.39 is 4.92 Å². The van der Waals surface area contributed by atoms with Crippen LogP contribution in [0.5, 0.6) is 5.75 Å². The number of hydrogen-bond acceptors (Lipinski definition) is 6. The number of rotatable bonds is 5. The zero-order chi connectivity index (χ0) is 13.8. The van der Waals surface area contributed by atoms with Gasteiger partial charge in [0.15, 0.2) is 0 Å². The fraction of sp³-hybridized carbons (Fsp3) is 0.182. The summed E-state index contributed by atoms with van der Waals surface area (Å²) in [5, 5.41) is 20.3. The summed E-state index contributed by atoms with van der Waals surface area (Å²) in [5.41, 5.74) is 6.72. The molecule has 0 aliphatic rings. The maximum absolute atomic E-state index is 10.9. The van der Waals surface area contributed by atoms with Crippen LogP contribution in [0.3, 0.4) is 0 Å². The highest BCUT2D eigenvalue weighted by Crippen LogP contribution is 2.29. The first-order valence-corrected chi connectivity index (χ1v) is 5.46. The fourth-order valence-corrected chi connectivity index (χ4v) is 1.60. The molecule has 4 N–H and O–H groups in total. The van der Waals surface area contributed by atoms with Crippen LogP contribution >= 0.6 is 0 Å². The molecular formula is C11H13N5O3. The standard InChI is InChI=1S/C11H13N5O3/c1-19-8-2-3-10(16(17)18)9(4-8)13-5-7-6-14-15-11(7)12/h2-4,6,13H,5H2,1H3,(H3,12,14,15). The SMILES string of the molecule is COc1ccc([N+](=O)[O-])c(NCc2cn[nH]c2N)c1. The van der Waals surface area contributed by atoms with Crippen molar-refractivity contribution < 1.29 is 9.66 Å². The van der Waals surface area contributed by atoms with Crippen molar-refractivity contribution >= 4 is 17.2 Å². The van der Waals surface area contributed by atoms with Gasteiger partial charge in [0.1, 0.15) is 17.3 Å². The van der Waals surface area contributed by atoms with Gasteiger partial charge in [-0.25, -0.2) is 0 Å². The zero-order valence-corrected chi connectivity index (χ0v) is 10.2. The molecule has 0 unspecified atom stereocenters. The number of benzene rings is 1. The molecular weight excluding hydrogens is 250 g/mol. The first kappa shape index (κ1) is 12.7. The van der Waals surface area contributed by atoms with E-state index in [-0.39, 0.29) is 5.69 Å². The summed E-state index contributed by atoms with van der Waals surface area (Å²) in [6.45, 7) is 0.330. The van der Waals surface area contributed by atoms with Gasteiger partial charge < -0.3 is 15.8 Å². The van der Waals surface area contributed by atoms with Crippen LogP contribution in [-0.2, 0) is 6.54 Å². The van der Waals surface area contributed by atoms with Crippen molar-refractivity contribution in [3.63, 3.8) is 0 Å². The second-order valence-electron chi connectivity index (χ2n) is 3.80. The summed E-state index contributed by atoms with van der Waals surface area (Å²) in [6, 6.07) is 4.49. The molecule has 1 aromatic heterocycles. The van der Waals surface area contributed by atoms with E-state index in [9.17, 15) is 10.1 Å². The predicted molar refractivity (Wildman–Crippen MR) is 70.0 cm³/mol. The number of aromatic amines is 1. The molecule has 19 heavy (non-hydrogen) atoms. The van der Waals surface area contributed by atoms with E-state index in [4.69, 9.17) is 10.5 Å². The largest absolute Gasteiger partial charge is 0.497 e. The molecule has 0 atom stereocenters. The van der Waals surface area contributed by atoms with Gasteiger partial charge in [-0.05, 0) is 6.07 Å². The Morgan fingerprint density at radius 3 is 2.95 bits per heavy atom. The highest BCUT2D eigenvalue weighted by Gasteiger charge is 2.14. The van der Waals surface area contributed by atoms with Crippen LogP contribution in [0.1, 0.15) is 5.56 Å². The summed E-state index contributed by atoms with van der Waals surface area (Å²) in [4.78, 5) is 10.5. The first-order valence-electron chi connectivity index (χ1n) is 5.46. The highest BCUT2D eigenvalue weighted by molar-refractivity contribution is 5.64. The minimum Gasteiger partial charge on any atom is -0.497 e. The molecule has 0 amide bonds. The van der Waals surface area contributed by atoms with Crippen molar-refractivity contribution in [3.8, 4) is 5.75 Å². The van der Waals surface area contributed by atoms with E-state index in [0.717, 1.165) is 5.56 Å². The normalized spacial score (nSPS) is 10.2. The molecule has 8 nitrogen and oxygen atoms in total. The van der Waals surface area contributed by atoms with Gasteiger partial charge in [-0.15, -0.1) is 0 Å². The number of nitro benzene ring substituents is 1.